The zero-order valence-electron chi connectivity index (χ0n) is 16.5. The molecule has 0 radical (unpaired) electrons. The molecule has 1 aliphatic rings. The number of rotatable bonds is 3. The van der Waals surface area contributed by atoms with Crippen molar-refractivity contribution in [1.82, 2.24) is 4.57 Å². The summed E-state index contributed by atoms with van der Waals surface area (Å²) in [4.78, 5) is 0. The molecule has 0 saturated heterocycles. The lowest BCUT2D eigenvalue weighted by molar-refractivity contribution is 0.330. The van der Waals surface area contributed by atoms with Gasteiger partial charge in [-0.15, -0.1) is 0 Å². The largest absolute Gasteiger partial charge is 0.508 e. The minimum absolute atomic E-state index is 0.160. The van der Waals surface area contributed by atoms with Crippen molar-refractivity contribution >= 4 is 10.9 Å². The number of phenols is 1. The number of benzene rings is 2. The number of hydrogen-bond donors (Lipinski definition) is 1. The minimum Gasteiger partial charge on any atom is -0.508 e. The van der Waals surface area contributed by atoms with Gasteiger partial charge in [-0.25, -0.2) is 0 Å². The Labute approximate surface area is 160 Å². The maximum atomic E-state index is 10.2. The third kappa shape index (κ3) is 2.80. The van der Waals surface area contributed by atoms with E-state index in [2.05, 4.69) is 56.5 Å². The molecular formula is C24H26N2O. The van der Waals surface area contributed by atoms with Gasteiger partial charge in [0.25, 0.3) is 0 Å². The number of aromatic nitrogens is 1. The highest BCUT2D eigenvalue weighted by Gasteiger charge is 2.35. The number of nitriles is 1. The maximum absolute atomic E-state index is 10.2. The highest BCUT2D eigenvalue weighted by atomic mass is 16.3. The number of aromatic hydroxyl groups is 1. The van der Waals surface area contributed by atoms with Crippen LogP contribution in [0.15, 0.2) is 36.4 Å². The Kier molecular flexibility index (Phi) is 4.23. The lowest BCUT2D eigenvalue weighted by Gasteiger charge is -2.32. The summed E-state index contributed by atoms with van der Waals surface area (Å²) in [5.74, 6) is 1.20. The lowest BCUT2D eigenvalue weighted by Crippen LogP contribution is -2.21. The monoisotopic (exact) mass is 358 g/mol. The van der Waals surface area contributed by atoms with Gasteiger partial charge in [0.2, 0.25) is 0 Å². The predicted molar refractivity (Wildman–Crippen MR) is 110 cm³/mol. The Morgan fingerprint density at radius 1 is 1.07 bits per heavy atom. The van der Waals surface area contributed by atoms with Gasteiger partial charge in [0.05, 0.1) is 11.6 Å². The molecule has 0 bridgehead atoms. The van der Waals surface area contributed by atoms with Crippen LogP contribution < -0.4 is 0 Å². The molecule has 1 aromatic heterocycles. The average Bonchev–Trinajstić information content (AvgIpc) is 2.91. The van der Waals surface area contributed by atoms with E-state index < -0.39 is 0 Å². The van der Waals surface area contributed by atoms with Crippen molar-refractivity contribution in [3.8, 4) is 17.5 Å². The smallest absolute Gasteiger partial charge is 0.116 e. The molecule has 0 aliphatic heterocycles. The van der Waals surface area contributed by atoms with E-state index >= 15 is 0 Å². The molecule has 138 valence electrons. The highest BCUT2D eigenvalue weighted by Crippen LogP contribution is 2.48. The molecule has 3 heteroatoms. The molecule has 1 N–H and O–H groups in total. The Morgan fingerprint density at radius 3 is 2.44 bits per heavy atom. The van der Waals surface area contributed by atoms with Gasteiger partial charge in [0.15, 0.2) is 0 Å². The van der Waals surface area contributed by atoms with Crippen molar-refractivity contribution in [1.29, 1.82) is 5.26 Å². The second-order valence-corrected chi connectivity index (χ2v) is 8.25. The Bertz CT molecular complexity index is 1060. The summed E-state index contributed by atoms with van der Waals surface area (Å²) >= 11 is 0. The zero-order chi connectivity index (χ0) is 19.3. The summed E-state index contributed by atoms with van der Waals surface area (Å²) in [7, 11) is 0. The Morgan fingerprint density at radius 2 is 1.81 bits per heavy atom. The normalized spacial score (nSPS) is 19.3. The number of phenolic OH excluding ortho intramolecular Hbond substituents is 1. The number of hydrogen-bond acceptors (Lipinski definition) is 2. The van der Waals surface area contributed by atoms with Gasteiger partial charge in [-0.3, -0.25) is 0 Å². The quantitative estimate of drug-likeness (QED) is 0.615. The van der Waals surface area contributed by atoms with E-state index in [9.17, 15) is 10.4 Å². The van der Waals surface area contributed by atoms with Crippen LogP contribution in [0.5, 0.6) is 5.75 Å². The average molecular weight is 358 g/mol. The van der Waals surface area contributed by atoms with Crippen LogP contribution in [-0.2, 0) is 0 Å². The summed E-state index contributed by atoms with van der Waals surface area (Å²) in [5.41, 5.74) is 7.49. The Hall–Kier alpha value is -2.73. The molecule has 3 nitrogen and oxygen atoms in total. The van der Waals surface area contributed by atoms with Gasteiger partial charge in [0.1, 0.15) is 5.75 Å². The van der Waals surface area contributed by atoms with E-state index in [0.717, 1.165) is 23.7 Å². The topological polar surface area (TPSA) is 49.0 Å². The highest BCUT2D eigenvalue weighted by molar-refractivity contribution is 5.89. The molecule has 0 atom stereocenters. The van der Waals surface area contributed by atoms with Crippen molar-refractivity contribution in [2.75, 3.05) is 0 Å². The molecule has 1 heterocycles. The van der Waals surface area contributed by atoms with Gasteiger partial charge in [0, 0.05) is 22.7 Å². The van der Waals surface area contributed by atoms with Crippen molar-refractivity contribution in [3.05, 3.63) is 58.8 Å². The van der Waals surface area contributed by atoms with Gasteiger partial charge >= 0.3 is 0 Å². The molecule has 0 amide bonds. The van der Waals surface area contributed by atoms with Gasteiger partial charge in [-0.2, -0.15) is 5.26 Å². The van der Waals surface area contributed by atoms with E-state index in [1.165, 1.54) is 28.1 Å². The fourth-order valence-electron chi connectivity index (χ4n) is 4.42. The summed E-state index contributed by atoms with van der Waals surface area (Å²) in [6.45, 7) is 8.75. The summed E-state index contributed by atoms with van der Waals surface area (Å²) in [6, 6.07) is 14.7. The third-order valence-corrected chi connectivity index (χ3v) is 6.05. The van der Waals surface area contributed by atoms with Gasteiger partial charge < -0.3 is 9.67 Å². The molecule has 1 fully saturated rings. The molecule has 0 spiro atoms. The van der Waals surface area contributed by atoms with Crippen LogP contribution in [0.25, 0.3) is 16.6 Å². The van der Waals surface area contributed by atoms with E-state index in [0.29, 0.717) is 17.6 Å². The van der Waals surface area contributed by atoms with Crippen LogP contribution in [0.3, 0.4) is 0 Å². The SMILES string of the molecule is Cc1ccc(-n2c(C(C)C)c([C@H]3C[C@@H](C#N)C3)c3cc(O)ccc32)cc1C. The molecule has 1 saturated carbocycles. The van der Waals surface area contributed by atoms with Crippen LogP contribution in [0.1, 0.15) is 60.9 Å². The van der Waals surface area contributed by atoms with Gasteiger partial charge in [-0.1, -0.05) is 19.9 Å². The molecule has 1 aliphatic carbocycles. The first-order valence-electron chi connectivity index (χ1n) is 9.75. The van der Waals surface area contributed by atoms with Crippen molar-refractivity contribution in [2.45, 2.75) is 52.4 Å². The molecular weight excluding hydrogens is 332 g/mol. The minimum atomic E-state index is 0.160. The molecule has 4 rings (SSSR count). The summed E-state index contributed by atoms with van der Waals surface area (Å²) in [6.07, 6.45) is 1.83. The number of nitrogens with zero attached hydrogens (tertiary/aromatic N) is 2. The van der Waals surface area contributed by atoms with E-state index in [1.807, 2.05) is 12.1 Å². The molecule has 27 heavy (non-hydrogen) atoms. The van der Waals surface area contributed by atoms with Gasteiger partial charge in [-0.05, 0) is 85.5 Å². The molecule has 0 unspecified atom stereocenters. The second kappa shape index (κ2) is 6.46. The number of fused-ring (bicyclic) bond motifs is 1. The van der Waals surface area contributed by atoms with Crippen molar-refractivity contribution in [2.24, 2.45) is 5.92 Å². The fraction of sp³-hybridized carbons (Fsp3) is 0.375. The molecule has 3 aromatic rings. The Balaban J connectivity index is 2.02. The van der Waals surface area contributed by atoms with Crippen molar-refractivity contribution < 1.29 is 5.11 Å². The van der Waals surface area contributed by atoms with E-state index in [-0.39, 0.29) is 5.92 Å². The first-order valence-corrected chi connectivity index (χ1v) is 9.75. The lowest BCUT2D eigenvalue weighted by atomic mass is 9.70. The van der Waals surface area contributed by atoms with E-state index in [1.54, 1.807) is 6.07 Å². The first kappa shape index (κ1) is 17.7. The van der Waals surface area contributed by atoms with Crippen LogP contribution >= 0.6 is 0 Å². The van der Waals surface area contributed by atoms with Crippen LogP contribution in [0.2, 0.25) is 0 Å². The van der Waals surface area contributed by atoms with Crippen LogP contribution in [0, 0.1) is 31.1 Å². The van der Waals surface area contributed by atoms with Crippen LogP contribution in [-0.4, -0.2) is 9.67 Å². The maximum Gasteiger partial charge on any atom is 0.116 e. The third-order valence-electron chi connectivity index (χ3n) is 6.05. The first-order chi connectivity index (χ1) is 12.9. The second-order valence-electron chi connectivity index (χ2n) is 8.25. The summed E-state index contributed by atoms with van der Waals surface area (Å²) in [5, 5.41) is 20.5. The van der Waals surface area contributed by atoms with Crippen LogP contribution in [0.4, 0.5) is 0 Å². The fourth-order valence-corrected chi connectivity index (χ4v) is 4.42. The standard InChI is InChI=1S/C24H26N2O/c1-14(2)24-23(18-10-17(11-18)13-25)21-12-20(27)7-8-22(21)26(24)19-6-5-15(3)16(4)9-19/h5-9,12,14,17-18,27H,10-11H2,1-4H3/t17-,18+. The van der Waals surface area contributed by atoms with E-state index in [4.69, 9.17) is 0 Å². The zero-order valence-corrected chi connectivity index (χ0v) is 16.5. The van der Waals surface area contributed by atoms with Crippen molar-refractivity contribution in [3.63, 3.8) is 0 Å². The predicted octanol–water partition coefficient (Wildman–Crippen LogP) is 6.09. The molecule has 2 aromatic carbocycles. The number of aryl methyl sites for hydroxylation is 2. The summed E-state index contributed by atoms with van der Waals surface area (Å²) < 4.78 is 2.36.